The summed E-state index contributed by atoms with van der Waals surface area (Å²) < 4.78 is 15.9. The highest BCUT2D eigenvalue weighted by atomic mass is 35.5. The molecule has 1 aromatic heterocycles. The van der Waals surface area contributed by atoms with E-state index in [4.69, 9.17) is 11.6 Å². The van der Waals surface area contributed by atoms with Gasteiger partial charge in [-0.15, -0.1) is 10.2 Å². The van der Waals surface area contributed by atoms with Crippen molar-refractivity contribution in [3.63, 3.8) is 0 Å². The number of nitrogens with zero attached hydrogens (tertiary/aromatic N) is 3. The van der Waals surface area contributed by atoms with Crippen LogP contribution < -0.4 is 0 Å². The van der Waals surface area contributed by atoms with Gasteiger partial charge in [-0.3, -0.25) is 0 Å². The number of benzene rings is 2. The molecule has 1 heterocycles. The van der Waals surface area contributed by atoms with Crippen molar-refractivity contribution < 1.29 is 4.39 Å². The molecular weight excluding hydrogens is 357 g/mol. The minimum absolute atomic E-state index is 0.192. The summed E-state index contributed by atoms with van der Waals surface area (Å²) in [5, 5.41) is 10.2. The molecule has 0 unspecified atom stereocenters. The Bertz CT molecular complexity index is 846. The monoisotopic (exact) mass is 375 g/mol. The first-order valence-corrected chi connectivity index (χ1v) is 9.46. The summed E-state index contributed by atoms with van der Waals surface area (Å²) in [7, 11) is 0. The minimum atomic E-state index is -0.192. The van der Waals surface area contributed by atoms with Gasteiger partial charge in [0.15, 0.2) is 11.0 Å². The van der Waals surface area contributed by atoms with Crippen LogP contribution in [-0.2, 0) is 12.3 Å². The Morgan fingerprint density at radius 1 is 1.08 bits per heavy atom. The molecule has 0 radical (unpaired) electrons. The van der Waals surface area contributed by atoms with E-state index >= 15 is 0 Å². The Hall–Kier alpha value is -1.85. The van der Waals surface area contributed by atoms with Gasteiger partial charge in [0.1, 0.15) is 5.82 Å². The third-order valence-corrected chi connectivity index (χ3v) is 4.95. The first-order valence-electron chi connectivity index (χ1n) is 8.10. The lowest BCUT2D eigenvalue weighted by molar-refractivity contribution is 0.498. The molecule has 2 aromatic carbocycles. The molecule has 0 saturated carbocycles. The molecule has 3 aromatic rings. The molecule has 0 amide bonds. The molecule has 0 spiro atoms. The van der Waals surface area contributed by atoms with Crippen molar-refractivity contribution in [1.29, 1.82) is 0 Å². The van der Waals surface area contributed by atoms with Gasteiger partial charge in [-0.25, -0.2) is 4.39 Å². The van der Waals surface area contributed by atoms with Crippen LogP contribution in [0.5, 0.6) is 0 Å². The maximum atomic E-state index is 13.8. The quantitative estimate of drug-likeness (QED) is 0.519. The van der Waals surface area contributed by atoms with E-state index in [1.807, 2.05) is 30.3 Å². The van der Waals surface area contributed by atoms with Gasteiger partial charge < -0.3 is 4.57 Å². The highest BCUT2D eigenvalue weighted by Gasteiger charge is 2.16. The zero-order chi connectivity index (χ0) is 17.8. The van der Waals surface area contributed by atoms with Crippen LogP contribution in [0.4, 0.5) is 4.39 Å². The van der Waals surface area contributed by atoms with Gasteiger partial charge in [-0.1, -0.05) is 55.4 Å². The second kappa shape index (κ2) is 8.02. The van der Waals surface area contributed by atoms with Gasteiger partial charge >= 0.3 is 0 Å². The van der Waals surface area contributed by atoms with Crippen LogP contribution in [0.25, 0.3) is 11.4 Å². The topological polar surface area (TPSA) is 30.7 Å². The molecule has 0 aliphatic heterocycles. The molecule has 0 N–H and O–H groups in total. The summed E-state index contributed by atoms with van der Waals surface area (Å²) in [6.45, 7) is 5.10. The Labute approximate surface area is 156 Å². The number of rotatable bonds is 6. The zero-order valence-electron chi connectivity index (χ0n) is 14.1. The lowest BCUT2D eigenvalue weighted by Gasteiger charge is -2.12. The molecule has 0 fully saturated rings. The number of thioether (sulfide) groups is 1. The molecule has 0 atom stereocenters. The highest BCUT2D eigenvalue weighted by Crippen LogP contribution is 2.28. The second-order valence-electron chi connectivity index (χ2n) is 6.20. The molecule has 3 rings (SSSR count). The van der Waals surface area contributed by atoms with E-state index in [9.17, 15) is 4.39 Å². The number of hydrogen-bond acceptors (Lipinski definition) is 3. The SMILES string of the molecule is CC(C)Cn1c(SCc2ccccc2F)nnc1-c1ccc(Cl)cc1. The van der Waals surface area contributed by atoms with E-state index in [0.717, 1.165) is 23.1 Å². The second-order valence-corrected chi connectivity index (χ2v) is 7.58. The van der Waals surface area contributed by atoms with Crippen LogP contribution in [0.3, 0.4) is 0 Å². The third kappa shape index (κ3) is 4.41. The summed E-state index contributed by atoms with van der Waals surface area (Å²) in [6, 6.07) is 14.4. The average molecular weight is 376 g/mol. The van der Waals surface area contributed by atoms with Crippen molar-refractivity contribution in [2.24, 2.45) is 5.92 Å². The van der Waals surface area contributed by atoms with Crippen LogP contribution in [0.1, 0.15) is 19.4 Å². The van der Waals surface area contributed by atoms with Crippen molar-refractivity contribution in [2.75, 3.05) is 0 Å². The van der Waals surface area contributed by atoms with E-state index in [0.29, 0.717) is 22.3 Å². The van der Waals surface area contributed by atoms with Crippen molar-refractivity contribution >= 4 is 23.4 Å². The molecule has 0 aliphatic rings. The predicted octanol–water partition coefficient (Wildman–Crippen LogP) is 5.69. The Morgan fingerprint density at radius 2 is 1.80 bits per heavy atom. The third-order valence-electron chi connectivity index (χ3n) is 3.68. The Balaban J connectivity index is 1.88. The molecule has 130 valence electrons. The Morgan fingerprint density at radius 3 is 2.48 bits per heavy atom. The van der Waals surface area contributed by atoms with Gasteiger partial charge in [-0.2, -0.15) is 0 Å². The number of hydrogen-bond donors (Lipinski definition) is 0. The largest absolute Gasteiger partial charge is 0.302 e. The normalized spacial score (nSPS) is 11.2. The van der Waals surface area contributed by atoms with Crippen LogP contribution in [0.2, 0.25) is 5.02 Å². The first kappa shape index (κ1) is 18.0. The molecular formula is C19H19ClFN3S. The summed E-state index contributed by atoms with van der Waals surface area (Å²) >= 11 is 7.48. The predicted molar refractivity (Wildman–Crippen MR) is 101 cm³/mol. The lowest BCUT2D eigenvalue weighted by Crippen LogP contribution is -2.08. The van der Waals surface area contributed by atoms with Crippen LogP contribution in [0, 0.1) is 11.7 Å². The fraction of sp³-hybridized carbons (Fsp3) is 0.263. The van der Waals surface area contributed by atoms with Crippen molar-refractivity contribution in [3.8, 4) is 11.4 Å². The van der Waals surface area contributed by atoms with Crippen molar-refractivity contribution in [3.05, 3.63) is 64.9 Å². The summed E-state index contributed by atoms with van der Waals surface area (Å²) in [5.41, 5.74) is 1.63. The van der Waals surface area contributed by atoms with Crippen LogP contribution in [0.15, 0.2) is 53.7 Å². The number of aromatic nitrogens is 3. The summed E-state index contributed by atoms with van der Waals surface area (Å²) in [6.07, 6.45) is 0. The van der Waals surface area contributed by atoms with Crippen molar-refractivity contribution in [1.82, 2.24) is 14.8 Å². The van der Waals surface area contributed by atoms with E-state index in [1.54, 1.807) is 12.1 Å². The molecule has 0 aliphatic carbocycles. The molecule has 6 heteroatoms. The highest BCUT2D eigenvalue weighted by molar-refractivity contribution is 7.98. The minimum Gasteiger partial charge on any atom is -0.302 e. The van der Waals surface area contributed by atoms with Crippen LogP contribution >= 0.6 is 23.4 Å². The Kier molecular flexibility index (Phi) is 5.76. The number of halogens is 2. The van der Waals surface area contributed by atoms with E-state index in [-0.39, 0.29) is 5.82 Å². The lowest BCUT2D eigenvalue weighted by atomic mass is 10.2. The van der Waals surface area contributed by atoms with Gasteiger partial charge in [0, 0.05) is 22.9 Å². The average Bonchev–Trinajstić information content (AvgIpc) is 2.97. The smallest absolute Gasteiger partial charge is 0.191 e. The first-order chi connectivity index (χ1) is 12.0. The van der Waals surface area contributed by atoms with Gasteiger partial charge in [0.2, 0.25) is 0 Å². The zero-order valence-corrected chi connectivity index (χ0v) is 15.7. The van der Waals surface area contributed by atoms with Crippen molar-refractivity contribution in [2.45, 2.75) is 31.3 Å². The molecule has 0 saturated heterocycles. The fourth-order valence-electron chi connectivity index (χ4n) is 2.50. The van der Waals surface area contributed by atoms with Crippen LogP contribution in [-0.4, -0.2) is 14.8 Å². The fourth-order valence-corrected chi connectivity index (χ4v) is 3.56. The van der Waals surface area contributed by atoms with E-state index in [2.05, 4.69) is 28.6 Å². The molecule has 25 heavy (non-hydrogen) atoms. The molecule has 0 bridgehead atoms. The summed E-state index contributed by atoms with van der Waals surface area (Å²) in [4.78, 5) is 0. The summed E-state index contributed by atoms with van der Waals surface area (Å²) in [5.74, 6) is 1.57. The van der Waals surface area contributed by atoms with Gasteiger partial charge in [-0.05, 0) is 41.8 Å². The van der Waals surface area contributed by atoms with Gasteiger partial charge in [0.25, 0.3) is 0 Å². The maximum absolute atomic E-state index is 13.8. The standard InChI is InChI=1S/C19H19ClFN3S/c1-13(2)11-24-18(14-7-9-16(20)10-8-14)22-23-19(24)25-12-15-5-3-4-6-17(15)21/h3-10,13H,11-12H2,1-2H3. The van der Waals surface area contributed by atoms with Gasteiger partial charge in [0.05, 0.1) is 0 Å². The van der Waals surface area contributed by atoms with E-state index < -0.39 is 0 Å². The maximum Gasteiger partial charge on any atom is 0.191 e. The molecule has 3 nitrogen and oxygen atoms in total. The van der Waals surface area contributed by atoms with E-state index in [1.165, 1.54) is 17.8 Å².